The van der Waals surface area contributed by atoms with Gasteiger partial charge >= 0.3 is 0 Å². The number of rotatable bonds is 7. The minimum absolute atomic E-state index is 0.843. The lowest BCUT2D eigenvalue weighted by atomic mass is 9.89. The molecular formula is C13H27. The second-order valence-electron chi connectivity index (χ2n) is 4.61. The topological polar surface area (TPSA) is 0 Å². The molecule has 0 bridgehead atoms. The van der Waals surface area contributed by atoms with Crippen LogP contribution in [0.5, 0.6) is 0 Å². The quantitative estimate of drug-likeness (QED) is 0.536. The summed E-state index contributed by atoms with van der Waals surface area (Å²) in [5.74, 6) is 2.58. The summed E-state index contributed by atoms with van der Waals surface area (Å²) in [5, 5.41) is 0. The van der Waals surface area contributed by atoms with E-state index in [-0.39, 0.29) is 0 Å². The van der Waals surface area contributed by atoms with Crippen LogP contribution in [0.25, 0.3) is 0 Å². The fourth-order valence-electron chi connectivity index (χ4n) is 1.55. The van der Waals surface area contributed by atoms with Crippen molar-refractivity contribution in [3.63, 3.8) is 0 Å². The first-order chi connectivity index (χ1) is 6.11. The molecule has 0 saturated heterocycles. The first-order valence-corrected chi connectivity index (χ1v) is 5.95. The van der Waals surface area contributed by atoms with Crippen molar-refractivity contribution < 1.29 is 0 Å². The summed E-state index contributed by atoms with van der Waals surface area (Å²) in [6, 6.07) is 0. The zero-order valence-electron chi connectivity index (χ0n) is 10.1. The molecule has 0 heterocycles. The summed E-state index contributed by atoms with van der Waals surface area (Å²) in [7, 11) is 0. The normalized spacial score (nSPS) is 14.1. The molecule has 0 aliphatic heterocycles. The van der Waals surface area contributed by atoms with Crippen molar-refractivity contribution in [1.29, 1.82) is 0 Å². The third kappa shape index (κ3) is 6.12. The van der Waals surface area contributed by atoms with Gasteiger partial charge in [0, 0.05) is 0 Å². The number of hydrogen-bond acceptors (Lipinski definition) is 0. The van der Waals surface area contributed by atoms with E-state index in [0.29, 0.717) is 0 Å². The van der Waals surface area contributed by atoms with E-state index in [1.807, 2.05) is 0 Å². The molecule has 0 amide bonds. The van der Waals surface area contributed by atoms with Crippen LogP contribution in [0.3, 0.4) is 0 Å². The van der Waals surface area contributed by atoms with Crippen molar-refractivity contribution in [3.8, 4) is 0 Å². The second-order valence-corrected chi connectivity index (χ2v) is 4.61. The van der Waals surface area contributed by atoms with Crippen LogP contribution in [0.2, 0.25) is 0 Å². The Bertz CT molecular complexity index is 98.6. The Morgan fingerprint density at radius 1 is 1.00 bits per heavy atom. The van der Waals surface area contributed by atoms with Crippen LogP contribution in [0.4, 0.5) is 0 Å². The lowest BCUT2D eigenvalue weighted by Gasteiger charge is -2.17. The van der Waals surface area contributed by atoms with Gasteiger partial charge in [0.05, 0.1) is 0 Å². The van der Waals surface area contributed by atoms with Crippen molar-refractivity contribution in [2.24, 2.45) is 17.8 Å². The smallest absolute Gasteiger partial charge is 0.0355 e. The van der Waals surface area contributed by atoms with E-state index in [4.69, 9.17) is 0 Å². The first-order valence-electron chi connectivity index (χ1n) is 5.95. The SMILES string of the molecule is CCC([CH]CCC(C)C(C)C)CC. The Hall–Kier alpha value is 0. The van der Waals surface area contributed by atoms with Crippen LogP contribution < -0.4 is 0 Å². The Kier molecular flexibility index (Phi) is 7.41. The van der Waals surface area contributed by atoms with Gasteiger partial charge in [0.1, 0.15) is 0 Å². The van der Waals surface area contributed by atoms with Gasteiger partial charge in [0.25, 0.3) is 0 Å². The molecule has 0 N–H and O–H groups in total. The van der Waals surface area contributed by atoms with E-state index in [1.165, 1.54) is 25.7 Å². The predicted molar refractivity (Wildman–Crippen MR) is 61.6 cm³/mol. The summed E-state index contributed by atoms with van der Waals surface area (Å²) in [5.41, 5.74) is 0. The van der Waals surface area contributed by atoms with Gasteiger partial charge in [-0.05, 0) is 30.6 Å². The molecule has 1 unspecified atom stereocenters. The average Bonchev–Trinajstić information content (AvgIpc) is 2.12. The summed E-state index contributed by atoms with van der Waals surface area (Å²) in [6.45, 7) is 11.6. The van der Waals surface area contributed by atoms with Gasteiger partial charge in [-0.2, -0.15) is 0 Å². The van der Waals surface area contributed by atoms with Gasteiger partial charge in [-0.15, -0.1) is 0 Å². The highest BCUT2D eigenvalue weighted by molar-refractivity contribution is 4.75. The fourth-order valence-corrected chi connectivity index (χ4v) is 1.55. The van der Waals surface area contributed by atoms with E-state index >= 15 is 0 Å². The average molecular weight is 183 g/mol. The molecule has 0 aliphatic rings. The summed E-state index contributed by atoms with van der Waals surface area (Å²) >= 11 is 0. The monoisotopic (exact) mass is 183 g/mol. The molecule has 0 fully saturated rings. The second kappa shape index (κ2) is 7.41. The molecule has 0 spiro atoms. The maximum absolute atomic E-state index is 2.53. The van der Waals surface area contributed by atoms with Gasteiger partial charge in [0.2, 0.25) is 0 Å². The minimum atomic E-state index is 0.843. The molecule has 0 aliphatic carbocycles. The molecule has 0 aromatic heterocycles. The molecule has 0 saturated carbocycles. The van der Waals surface area contributed by atoms with E-state index in [2.05, 4.69) is 41.0 Å². The highest BCUT2D eigenvalue weighted by atomic mass is 14.1. The zero-order chi connectivity index (χ0) is 10.3. The maximum atomic E-state index is 2.53. The van der Waals surface area contributed by atoms with Crippen LogP contribution in [-0.4, -0.2) is 0 Å². The minimum Gasteiger partial charge on any atom is -0.0651 e. The van der Waals surface area contributed by atoms with Gasteiger partial charge in [-0.25, -0.2) is 0 Å². The highest BCUT2D eigenvalue weighted by Gasteiger charge is 2.08. The standard InChI is InChI=1S/C13H27/c1-6-13(7-2)10-8-9-12(5)11(3)4/h10-13H,6-9H2,1-5H3. The van der Waals surface area contributed by atoms with Gasteiger partial charge in [-0.1, -0.05) is 53.9 Å². The molecule has 79 valence electrons. The zero-order valence-corrected chi connectivity index (χ0v) is 10.1. The van der Waals surface area contributed by atoms with E-state index in [0.717, 1.165) is 17.8 Å². The first kappa shape index (κ1) is 13.0. The van der Waals surface area contributed by atoms with Crippen molar-refractivity contribution in [2.45, 2.75) is 60.3 Å². The van der Waals surface area contributed by atoms with Crippen molar-refractivity contribution in [3.05, 3.63) is 6.42 Å². The van der Waals surface area contributed by atoms with Crippen LogP contribution in [-0.2, 0) is 0 Å². The summed E-state index contributed by atoms with van der Waals surface area (Å²) in [4.78, 5) is 0. The summed E-state index contributed by atoms with van der Waals surface area (Å²) < 4.78 is 0. The Labute approximate surface area is 85.1 Å². The molecule has 13 heavy (non-hydrogen) atoms. The molecule has 0 aromatic carbocycles. The van der Waals surface area contributed by atoms with E-state index in [1.54, 1.807) is 0 Å². The Morgan fingerprint density at radius 3 is 1.92 bits per heavy atom. The molecule has 0 heteroatoms. The van der Waals surface area contributed by atoms with Crippen LogP contribution in [0.15, 0.2) is 0 Å². The van der Waals surface area contributed by atoms with Crippen LogP contribution in [0, 0.1) is 24.2 Å². The molecular weight excluding hydrogens is 156 g/mol. The molecule has 0 aromatic rings. The molecule has 0 nitrogen and oxygen atoms in total. The Morgan fingerprint density at radius 2 is 1.54 bits per heavy atom. The number of hydrogen-bond donors (Lipinski definition) is 0. The lowest BCUT2D eigenvalue weighted by molar-refractivity contribution is 0.381. The van der Waals surface area contributed by atoms with E-state index in [9.17, 15) is 0 Å². The Balaban J connectivity index is 3.43. The lowest BCUT2D eigenvalue weighted by Crippen LogP contribution is -2.05. The molecule has 1 radical (unpaired) electrons. The van der Waals surface area contributed by atoms with E-state index < -0.39 is 0 Å². The van der Waals surface area contributed by atoms with Crippen molar-refractivity contribution in [2.75, 3.05) is 0 Å². The molecule has 0 rings (SSSR count). The summed E-state index contributed by atoms with van der Waals surface area (Å²) in [6.07, 6.45) is 7.83. The van der Waals surface area contributed by atoms with Crippen LogP contribution >= 0.6 is 0 Å². The van der Waals surface area contributed by atoms with Gasteiger partial charge < -0.3 is 0 Å². The predicted octanol–water partition coefficient (Wildman–Crippen LogP) is 4.70. The third-order valence-corrected chi connectivity index (χ3v) is 3.31. The largest absolute Gasteiger partial charge is 0.0651 e. The highest BCUT2D eigenvalue weighted by Crippen LogP contribution is 2.20. The van der Waals surface area contributed by atoms with Crippen molar-refractivity contribution in [1.82, 2.24) is 0 Å². The fraction of sp³-hybridized carbons (Fsp3) is 0.923. The molecule has 1 atom stereocenters. The van der Waals surface area contributed by atoms with Crippen molar-refractivity contribution >= 4 is 0 Å². The van der Waals surface area contributed by atoms with Gasteiger partial charge in [-0.3, -0.25) is 0 Å². The third-order valence-electron chi connectivity index (χ3n) is 3.31. The van der Waals surface area contributed by atoms with Crippen LogP contribution in [0.1, 0.15) is 60.3 Å². The van der Waals surface area contributed by atoms with Gasteiger partial charge in [0.15, 0.2) is 0 Å². The maximum Gasteiger partial charge on any atom is -0.0355 e.